The van der Waals surface area contributed by atoms with Crippen LogP contribution in [-0.4, -0.2) is 37.2 Å². The van der Waals surface area contributed by atoms with Crippen molar-refractivity contribution in [2.24, 2.45) is 4.99 Å². The molecule has 2 atom stereocenters. The average Bonchev–Trinajstić information content (AvgIpc) is 3.27. The number of rotatable bonds is 7. The molecule has 5 nitrogen and oxygen atoms in total. The fraction of sp³-hybridized carbons (Fsp3) is 0.458. The first-order chi connectivity index (χ1) is 14.1. The van der Waals surface area contributed by atoms with Gasteiger partial charge < -0.3 is 20.6 Å². The van der Waals surface area contributed by atoms with E-state index in [1.54, 1.807) is 0 Å². The van der Waals surface area contributed by atoms with Crippen molar-refractivity contribution in [3.63, 3.8) is 0 Å². The van der Waals surface area contributed by atoms with E-state index in [0.29, 0.717) is 6.54 Å². The first kappa shape index (κ1) is 21.2. The van der Waals surface area contributed by atoms with Crippen molar-refractivity contribution in [3.05, 3.63) is 65.2 Å². The Labute approximate surface area is 174 Å². The van der Waals surface area contributed by atoms with Crippen LogP contribution in [0, 0.1) is 6.92 Å². The molecule has 1 heterocycles. The zero-order chi connectivity index (χ0) is 20.6. The maximum absolute atomic E-state index is 10.5. The fourth-order valence-electron chi connectivity index (χ4n) is 3.65. The summed E-state index contributed by atoms with van der Waals surface area (Å²) in [7, 11) is 0. The second kappa shape index (κ2) is 10.3. The molecule has 1 aliphatic heterocycles. The molecule has 1 aliphatic rings. The first-order valence-corrected chi connectivity index (χ1v) is 10.7. The van der Waals surface area contributed by atoms with Gasteiger partial charge in [-0.1, -0.05) is 42.0 Å². The van der Waals surface area contributed by atoms with Gasteiger partial charge in [-0.3, -0.25) is 4.99 Å². The predicted molar refractivity (Wildman–Crippen MR) is 122 cm³/mol. The van der Waals surface area contributed by atoms with Gasteiger partial charge in [-0.2, -0.15) is 0 Å². The normalized spacial score (nSPS) is 16.6. The van der Waals surface area contributed by atoms with Crippen molar-refractivity contribution >= 4 is 11.6 Å². The molecule has 2 aromatic rings. The van der Waals surface area contributed by atoms with E-state index in [0.717, 1.165) is 31.2 Å². The van der Waals surface area contributed by atoms with Crippen LogP contribution in [0.3, 0.4) is 0 Å². The molecule has 1 saturated heterocycles. The van der Waals surface area contributed by atoms with E-state index in [2.05, 4.69) is 51.7 Å². The van der Waals surface area contributed by atoms with Crippen LogP contribution in [0.1, 0.15) is 55.5 Å². The van der Waals surface area contributed by atoms with Gasteiger partial charge in [-0.15, -0.1) is 0 Å². The zero-order valence-electron chi connectivity index (χ0n) is 17.9. The molecule has 29 heavy (non-hydrogen) atoms. The number of hydrogen-bond acceptors (Lipinski definition) is 3. The molecule has 0 spiro atoms. The Balaban J connectivity index is 1.65. The molecule has 3 rings (SSSR count). The van der Waals surface area contributed by atoms with Crippen LogP contribution in [-0.2, 0) is 0 Å². The molecule has 0 aliphatic carbocycles. The quantitative estimate of drug-likeness (QED) is 0.492. The maximum atomic E-state index is 10.5. The largest absolute Gasteiger partial charge is 0.386 e. The molecule has 0 bridgehead atoms. The third kappa shape index (κ3) is 5.97. The summed E-state index contributed by atoms with van der Waals surface area (Å²) in [6.45, 7) is 9.62. The minimum absolute atomic E-state index is 0.117. The molecule has 1 fully saturated rings. The van der Waals surface area contributed by atoms with Crippen LogP contribution < -0.4 is 15.5 Å². The third-order valence-corrected chi connectivity index (χ3v) is 5.42. The second-order valence-electron chi connectivity index (χ2n) is 7.80. The zero-order valence-corrected chi connectivity index (χ0v) is 17.9. The molecular weight excluding hydrogens is 360 g/mol. The Bertz CT molecular complexity index is 797. The standard InChI is InChI=1S/C24H34N4O/c1-4-25-24(26-17-23(29)20-12-10-18(2)11-13-20)27-19(3)21-8-7-9-22(16-21)28-14-5-6-15-28/h7-13,16,19,23,29H,4-6,14-15,17H2,1-3H3,(H2,25,26,27). The van der Waals surface area contributed by atoms with Gasteiger partial charge in [-0.25, -0.2) is 0 Å². The Hall–Kier alpha value is -2.53. The van der Waals surface area contributed by atoms with E-state index in [1.165, 1.54) is 29.7 Å². The number of guanidine groups is 1. The summed E-state index contributed by atoms with van der Waals surface area (Å²) in [6, 6.07) is 16.8. The highest BCUT2D eigenvalue weighted by Gasteiger charge is 2.15. The Morgan fingerprint density at radius 2 is 1.83 bits per heavy atom. The van der Waals surface area contributed by atoms with Crippen molar-refractivity contribution in [1.29, 1.82) is 0 Å². The van der Waals surface area contributed by atoms with Crippen molar-refractivity contribution in [2.45, 2.75) is 45.8 Å². The van der Waals surface area contributed by atoms with Crippen LogP contribution in [0.15, 0.2) is 53.5 Å². The highest BCUT2D eigenvalue weighted by atomic mass is 16.3. The minimum Gasteiger partial charge on any atom is -0.386 e. The van der Waals surface area contributed by atoms with Crippen molar-refractivity contribution < 1.29 is 5.11 Å². The predicted octanol–water partition coefficient (Wildman–Crippen LogP) is 3.94. The molecule has 3 N–H and O–H groups in total. The highest BCUT2D eigenvalue weighted by molar-refractivity contribution is 5.80. The Morgan fingerprint density at radius 1 is 1.10 bits per heavy atom. The van der Waals surface area contributed by atoms with Gasteiger partial charge in [0.2, 0.25) is 0 Å². The lowest BCUT2D eigenvalue weighted by Gasteiger charge is -2.22. The molecule has 0 amide bonds. The van der Waals surface area contributed by atoms with Gasteiger partial charge in [0.1, 0.15) is 0 Å². The summed E-state index contributed by atoms with van der Waals surface area (Å²) in [5, 5.41) is 17.2. The Morgan fingerprint density at radius 3 is 2.52 bits per heavy atom. The van der Waals surface area contributed by atoms with E-state index < -0.39 is 6.10 Å². The molecule has 0 aromatic heterocycles. The number of aryl methyl sites for hydroxylation is 1. The van der Waals surface area contributed by atoms with Gasteiger partial charge in [-0.05, 0) is 56.9 Å². The van der Waals surface area contributed by atoms with Crippen LogP contribution in [0.2, 0.25) is 0 Å². The third-order valence-electron chi connectivity index (χ3n) is 5.42. The van der Waals surface area contributed by atoms with Gasteiger partial charge in [0, 0.05) is 25.3 Å². The van der Waals surface area contributed by atoms with E-state index in [4.69, 9.17) is 0 Å². The number of benzene rings is 2. The van der Waals surface area contributed by atoms with Gasteiger partial charge in [0.15, 0.2) is 5.96 Å². The molecular formula is C24H34N4O. The number of aliphatic hydroxyl groups is 1. The SMILES string of the molecule is CCNC(=NCC(O)c1ccc(C)cc1)NC(C)c1cccc(N2CCCC2)c1. The lowest BCUT2D eigenvalue weighted by atomic mass is 10.1. The molecule has 5 heteroatoms. The Kier molecular flexibility index (Phi) is 7.53. The molecule has 0 radical (unpaired) electrons. The van der Waals surface area contributed by atoms with Crippen molar-refractivity contribution in [1.82, 2.24) is 10.6 Å². The summed E-state index contributed by atoms with van der Waals surface area (Å²) < 4.78 is 0. The lowest BCUT2D eigenvalue weighted by molar-refractivity contribution is 0.187. The molecule has 2 aromatic carbocycles. The monoisotopic (exact) mass is 394 g/mol. The first-order valence-electron chi connectivity index (χ1n) is 10.7. The number of anilines is 1. The van der Waals surface area contributed by atoms with E-state index in [1.807, 2.05) is 38.1 Å². The minimum atomic E-state index is -0.611. The van der Waals surface area contributed by atoms with Crippen LogP contribution in [0.25, 0.3) is 0 Å². The average molecular weight is 395 g/mol. The van der Waals surface area contributed by atoms with Crippen LogP contribution >= 0.6 is 0 Å². The second-order valence-corrected chi connectivity index (χ2v) is 7.80. The maximum Gasteiger partial charge on any atom is 0.191 e. The number of nitrogens with zero attached hydrogens (tertiary/aromatic N) is 2. The van der Waals surface area contributed by atoms with Gasteiger partial charge in [0.05, 0.1) is 18.7 Å². The number of aliphatic hydroxyl groups excluding tert-OH is 1. The smallest absolute Gasteiger partial charge is 0.191 e. The molecule has 0 saturated carbocycles. The number of nitrogens with one attached hydrogen (secondary N) is 2. The van der Waals surface area contributed by atoms with E-state index in [9.17, 15) is 5.11 Å². The highest BCUT2D eigenvalue weighted by Crippen LogP contribution is 2.24. The summed E-state index contributed by atoms with van der Waals surface area (Å²) in [6.07, 6.45) is 1.94. The van der Waals surface area contributed by atoms with Crippen LogP contribution in [0.5, 0.6) is 0 Å². The molecule has 2 unspecified atom stereocenters. The summed E-state index contributed by atoms with van der Waals surface area (Å²) in [5.41, 5.74) is 4.61. The fourth-order valence-corrected chi connectivity index (χ4v) is 3.65. The lowest BCUT2D eigenvalue weighted by Crippen LogP contribution is -2.39. The number of aliphatic imine (C=N–C) groups is 1. The van der Waals surface area contributed by atoms with Gasteiger partial charge >= 0.3 is 0 Å². The van der Waals surface area contributed by atoms with E-state index >= 15 is 0 Å². The topological polar surface area (TPSA) is 59.9 Å². The van der Waals surface area contributed by atoms with Crippen molar-refractivity contribution in [3.8, 4) is 0 Å². The summed E-state index contributed by atoms with van der Waals surface area (Å²) in [4.78, 5) is 7.06. The summed E-state index contributed by atoms with van der Waals surface area (Å²) in [5.74, 6) is 0.720. The van der Waals surface area contributed by atoms with Crippen molar-refractivity contribution in [2.75, 3.05) is 31.1 Å². The molecule has 156 valence electrons. The summed E-state index contributed by atoms with van der Waals surface area (Å²) >= 11 is 0. The van der Waals surface area contributed by atoms with Crippen LogP contribution in [0.4, 0.5) is 5.69 Å². The van der Waals surface area contributed by atoms with Gasteiger partial charge in [0.25, 0.3) is 0 Å². The van der Waals surface area contributed by atoms with E-state index in [-0.39, 0.29) is 6.04 Å². The number of hydrogen-bond donors (Lipinski definition) is 3.